The molecule has 1 amide bonds. The summed E-state index contributed by atoms with van der Waals surface area (Å²) in [4.78, 5) is 12.2. The Bertz CT molecular complexity index is 305. The summed E-state index contributed by atoms with van der Waals surface area (Å²) in [5.74, 6) is 0. The second-order valence-electron chi connectivity index (χ2n) is 3.07. The Balaban J connectivity index is 2.30. The first kappa shape index (κ1) is 7.34. The average Bonchev–Trinajstić information content (AvgIpc) is 2.47. The fourth-order valence-electron chi connectivity index (χ4n) is 1.60. The number of nitrogens with zero attached hydrogens (tertiary/aromatic N) is 3. The van der Waals surface area contributed by atoms with Crippen LogP contribution in [0.1, 0.15) is 11.3 Å². The zero-order chi connectivity index (χ0) is 8.55. The van der Waals surface area contributed by atoms with Crippen molar-refractivity contribution < 1.29 is 4.79 Å². The Morgan fingerprint density at radius 1 is 1.67 bits per heavy atom. The smallest absolute Gasteiger partial charge is 0.210 e. The summed E-state index contributed by atoms with van der Waals surface area (Å²) >= 11 is 0. The molecule has 1 aliphatic rings. The molecule has 2 rings (SSSR count). The molecule has 4 heteroatoms. The molecule has 4 nitrogen and oxygen atoms in total. The van der Waals surface area contributed by atoms with Crippen molar-refractivity contribution in [2.45, 2.75) is 13.0 Å². The summed E-state index contributed by atoms with van der Waals surface area (Å²) in [6, 6.07) is 0. The first-order chi connectivity index (χ1) is 5.81. The Kier molecular flexibility index (Phi) is 1.60. The molecule has 0 spiro atoms. The van der Waals surface area contributed by atoms with Crippen LogP contribution in [0.3, 0.4) is 0 Å². The van der Waals surface area contributed by atoms with Crippen molar-refractivity contribution in [3.63, 3.8) is 0 Å². The monoisotopic (exact) mass is 165 g/mol. The van der Waals surface area contributed by atoms with Crippen LogP contribution in [0.5, 0.6) is 0 Å². The first-order valence-electron chi connectivity index (χ1n) is 4.00. The molecule has 0 aliphatic carbocycles. The lowest BCUT2D eigenvalue weighted by Gasteiger charge is -2.22. The van der Waals surface area contributed by atoms with E-state index in [0.717, 1.165) is 19.4 Å². The lowest BCUT2D eigenvalue weighted by Crippen LogP contribution is -2.29. The molecule has 0 saturated carbocycles. The van der Waals surface area contributed by atoms with E-state index < -0.39 is 0 Å². The van der Waals surface area contributed by atoms with Crippen molar-refractivity contribution in [3.8, 4) is 0 Å². The van der Waals surface area contributed by atoms with Crippen LogP contribution in [0.15, 0.2) is 6.20 Å². The van der Waals surface area contributed by atoms with Gasteiger partial charge in [0.2, 0.25) is 6.41 Å². The van der Waals surface area contributed by atoms with Gasteiger partial charge >= 0.3 is 0 Å². The molecule has 0 aromatic carbocycles. The highest BCUT2D eigenvalue weighted by Crippen LogP contribution is 2.15. The number of rotatable bonds is 1. The van der Waals surface area contributed by atoms with Gasteiger partial charge in [0.15, 0.2) is 0 Å². The molecule has 1 aromatic heterocycles. The molecule has 12 heavy (non-hydrogen) atoms. The SMILES string of the molecule is Cn1ncc2c1CCN(C=O)C2. The molecule has 0 saturated heterocycles. The van der Waals surface area contributed by atoms with Gasteiger partial charge in [-0.1, -0.05) is 0 Å². The molecular weight excluding hydrogens is 154 g/mol. The molecular formula is C8H11N3O. The standard InChI is InChI=1S/C8H11N3O/c1-10-8-2-3-11(6-12)5-7(8)4-9-10/h4,6H,2-3,5H2,1H3. The first-order valence-corrected chi connectivity index (χ1v) is 4.00. The number of carbonyl (C=O) groups excluding carboxylic acids is 1. The van der Waals surface area contributed by atoms with Crippen LogP contribution in [0.4, 0.5) is 0 Å². The largest absolute Gasteiger partial charge is 0.340 e. The van der Waals surface area contributed by atoms with Crippen molar-refractivity contribution >= 4 is 6.41 Å². The van der Waals surface area contributed by atoms with Gasteiger partial charge in [-0.25, -0.2) is 0 Å². The molecule has 0 unspecified atom stereocenters. The van der Waals surface area contributed by atoms with Gasteiger partial charge in [0.25, 0.3) is 0 Å². The predicted octanol–water partition coefficient (Wildman–Crippen LogP) is -0.0654. The number of carbonyl (C=O) groups is 1. The Morgan fingerprint density at radius 2 is 2.50 bits per heavy atom. The maximum Gasteiger partial charge on any atom is 0.210 e. The Labute approximate surface area is 70.8 Å². The zero-order valence-corrected chi connectivity index (χ0v) is 7.03. The topological polar surface area (TPSA) is 38.1 Å². The summed E-state index contributed by atoms with van der Waals surface area (Å²) in [5, 5.41) is 4.14. The maximum atomic E-state index is 10.5. The van der Waals surface area contributed by atoms with Gasteiger partial charge in [0.05, 0.1) is 6.20 Å². The van der Waals surface area contributed by atoms with Crippen molar-refractivity contribution in [2.24, 2.45) is 7.05 Å². The predicted molar refractivity (Wildman–Crippen MR) is 43.4 cm³/mol. The van der Waals surface area contributed by atoms with Crippen molar-refractivity contribution in [1.29, 1.82) is 0 Å². The minimum absolute atomic E-state index is 0.715. The molecule has 1 aromatic rings. The molecule has 2 heterocycles. The van der Waals surface area contributed by atoms with Gasteiger partial charge < -0.3 is 4.90 Å². The average molecular weight is 165 g/mol. The van der Waals surface area contributed by atoms with Crippen LogP contribution in [0.25, 0.3) is 0 Å². The molecule has 64 valence electrons. The number of amides is 1. The van der Waals surface area contributed by atoms with Gasteiger partial charge in [-0.05, 0) is 0 Å². The molecule has 0 radical (unpaired) electrons. The molecule has 0 fully saturated rings. The summed E-state index contributed by atoms with van der Waals surface area (Å²) < 4.78 is 1.89. The fourth-order valence-corrected chi connectivity index (χ4v) is 1.60. The number of fused-ring (bicyclic) bond motifs is 1. The summed E-state index contributed by atoms with van der Waals surface area (Å²) in [7, 11) is 1.94. The third-order valence-corrected chi connectivity index (χ3v) is 2.31. The highest BCUT2D eigenvalue weighted by Gasteiger charge is 2.17. The molecule has 0 N–H and O–H groups in total. The quantitative estimate of drug-likeness (QED) is 0.546. The second-order valence-corrected chi connectivity index (χ2v) is 3.07. The fraction of sp³-hybridized carbons (Fsp3) is 0.500. The summed E-state index contributed by atoms with van der Waals surface area (Å²) in [5.41, 5.74) is 2.43. The van der Waals surface area contributed by atoms with Crippen LogP contribution in [0, 0.1) is 0 Å². The van der Waals surface area contributed by atoms with Gasteiger partial charge in [-0.3, -0.25) is 9.48 Å². The van der Waals surface area contributed by atoms with Crippen molar-refractivity contribution in [3.05, 3.63) is 17.5 Å². The van der Waals surface area contributed by atoms with E-state index in [-0.39, 0.29) is 0 Å². The van der Waals surface area contributed by atoms with Crippen molar-refractivity contribution in [1.82, 2.24) is 14.7 Å². The summed E-state index contributed by atoms with van der Waals surface area (Å²) in [6.07, 6.45) is 3.66. The molecule has 0 atom stereocenters. The van der Waals surface area contributed by atoms with Crippen LogP contribution >= 0.6 is 0 Å². The molecule has 1 aliphatic heterocycles. The van der Waals surface area contributed by atoms with Gasteiger partial charge in [-0.15, -0.1) is 0 Å². The van der Waals surface area contributed by atoms with Crippen molar-refractivity contribution in [2.75, 3.05) is 6.54 Å². The Hall–Kier alpha value is -1.32. The maximum absolute atomic E-state index is 10.5. The lowest BCUT2D eigenvalue weighted by atomic mass is 10.1. The molecule has 0 bridgehead atoms. The third kappa shape index (κ3) is 0.995. The van der Waals surface area contributed by atoms with Crippen LogP contribution in [-0.4, -0.2) is 27.6 Å². The van der Waals surface area contributed by atoms with Gasteiger partial charge in [0, 0.05) is 37.8 Å². The zero-order valence-electron chi connectivity index (χ0n) is 7.03. The van der Waals surface area contributed by atoms with Crippen LogP contribution < -0.4 is 0 Å². The summed E-state index contributed by atoms with van der Waals surface area (Å²) in [6.45, 7) is 1.53. The van der Waals surface area contributed by atoms with E-state index in [0.29, 0.717) is 6.54 Å². The highest BCUT2D eigenvalue weighted by atomic mass is 16.1. The van der Waals surface area contributed by atoms with E-state index in [4.69, 9.17) is 0 Å². The van der Waals surface area contributed by atoms with Gasteiger partial charge in [0.1, 0.15) is 0 Å². The van der Waals surface area contributed by atoms with E-state index in [2.05, 4.69) is 5.10 Å². The number of aromatic nitrogens is 2. The van der Waals surface area contributed by atoms with E-state index in [1.807, 2.05) is 17.9 Å². The highest BCUT2D eigenvalue weighted by molar-refractivity contribution is 5.48. The van der Waals surface area contributed by atoms with Crippen LogP contribution in [-0.2, 0) is 24.8 Å². The minimum Gasteiger partial charge on any atom is -0.340 e. The Morgan fingerprint density at radius 3 is 3.25 bits per heavy atom. The van der Waals surface area contributed by atoms with E-state index in [1.165, 1.54) is 11.3 Å². The van der Waals surface area contributed by atoms with Crippen LogP contribution in [0.2, 0.25) is 0 Å². The normalized spacial score (nSPS) is 15.9. The lowest BCUT2D eigenvalue weighted by molar-refractivity contribution is -0.118. The number of aryl methyl sites for hydroxylation is 1. The van der Waals surface area contributed by atoms with E-state index >= 15 is 0 Å². The number of hydrogen-bond donors (Lipinski definition) is 0. The van der Waals surface area contributed by atoms with E-state index in [9.17, 15) is 4.79 Å². The second kappa shape index (κ2) is 2.62. The minimum atomic E-state index is 0.715. The third-order valence-electron chi connectivity index (χ3n) is 2.31. The number of hydrogen-bond acceptors (Lipinski definition) is 2. The van der Waals surface area contributed by atoms with Gasteiger partial charge in [-0.2, -0.15) is 5.10 Å². The van der Waals surface area contributed by atoms with E-state index in [1.54, 1.807) is 4.90 Å².